The number of carbonyl (C=O) groups is 1. The SMILES string of the molecule is C=C(C)COc1ccc(NC(=S)NC(=O)c2ccc(OC(C)C)c(Br)c2)cc1. The minimum absolute atomic E-state index is 0.0466. The molecule has 7 heteroatoms. The van der Waals surface area contributed by atoms with Gasteiger partial charge in [0.05, 0.1) is 10.6 Å². The summed E-state index contributed by atoms with van der Waals surface area (Å²) in [5.74, 6) is 1.11. The highest BCUT2D eigenvalue weighted by Crippen LogP contribution is 2.27. The second kappa shape index (κ2) is 10.2. The molecule has 0 aliphatic carbocycles. The van der Waals surface area contributed by atoms with Gasteiger partial charge in [0.1, 0.15) is 18.1 Å². The van der Waals surface area contributed by atoms with E-state index >= 15 is 0 Å². The molecule has 0 spiro atoms. The van der Waals surface area contributed by atoms with Gasteiger partial charge in [-0.15, -0.1) is 0 Å². The fraction of sp³-hybridized carbons (Fsp3) is 0.238. The average Bonchev–Trinajstić information content (AvgIpc) is 2.62. The van der Waals surface area contributed by atoms with E-state index in [0.29, 0.717) is 22.4 Å². The Balaban J connectivity index is 1.92. The van der Waals surface area contributed by atoms with E-state index < -0.39 is 0 Å². The lowest BCUT2D eigenvalue weighted by Gasteiger charge is -2.13. The van der Waals surface area contributed by atoms with Gasteiger partial charge in [0.15, 0.2) is 5.11 Å². The van der Waals surface area contributed by atoms with Crippen molar-refractivity contribution in [3.05, 3.63) is 64.7 Å². The second-order valence-corrected chi connectivity index (χ2v) is 7.75. The van der Waals surface area contributed by atoms with Crippen LogP contribution in [0.2, 0.25) is 0 Å². The topological polar surface area (TPSA) is 59.6 Å². The van der Waals surface area contributed by atoms with Crippen molar-refractivity contribution in [1.29, 1.82) is 0 Å². The minimum atomic E-state index is -0.310. The van der Waals surface area contributed by atoms with Gasteiger partial charge in [0.2, 0.25) is 0 Å². The molecule has 0 radical (unpaired) electrons. The Kier molecular flexibility index (Phi) is 8.02. The van der Waals surface area contributed by atoms with Crippen LogP contribution < -0.4 is 20.1 Å². The first kappa shape index (κ1) is 21.9. The number of hydrogen-bond acceptors (Lipinski definition) is 4. The average molecular weight is 463 g/mol. The number of halogens is 1. The smallest absolute Gasteiger partial charge is 0.257 e. The normalized spacial score (nSPS) is 10.3. The Morgan fingerprint density at radius 2 is 1.89 bits per heavy atom. The van der Waals surface area contributed by atoms with Gasteiger partial charge in [0.25, 0.3) is 5.91 Å². The third-order valence-electron chi connectivity index (χ3n) is 3.38. The molecule has 2 aromatic rings. The lowest BCUT2D eigenvalue weighted by Crippen LogP contribution is -2.34. The third-order valence-corrected chi connectivity index (χ3v) is 4.21. The molecule has 0 bridgehead atoms. The van der Waals surface area contributed by atoms with Crippen LogP contribution >= 0.6 is 28.1 Å². The maximum Gasteiger partial charge on any atom is 0.257 e. The number of anilines is 1. The van der Waals surface area contributed by atoms with Gasteiger partial charge in [0, 0.05) is 11.3 Å². The van der Waals surface area contributed by atoms with E-state index in [4.69, 9.17) is 21.7 Å². The predicted octanol–water partition coefficient (Wildman–Crippen LogP) is 5.32. The standard InChI is InChI=1S/C21H23BrN2O3S/c1-13(2)12-26-17-8-6-16(7-9-17)23-21(28)24-20(25)15-5-10-19(18(22)11-15)27-14(3)4/h5-11,14H,1,12H2,2-4H3,(H2,23,24,25,28). The summed E-state index contributed by atoms with van der Waals surface area (Å²) in [6.45, 7) is 10.1. The van der Waals surface area contributed by atoms with Crippen LogP contribution in [0.1, 0.15) is 31.1 Å². The number of ether oxygens (including phenoxy) is 2. The predicted molar refractivity (Wildman–Crippen MR) is 120 cm³/mol. The number of thiocarbonyl (C=S) groups is 1. The Morgan fingerprint density at radius 1 is 1.21 bits per heavy atom. The van der Waals surface area contributed by atoms with Crippen molar-refractivity contribution in [2.45, 2.75) is 26.9 Å². The molecule has 0 saturated heterocycles. The van der Waals surface area contributed by atoms with Gasteiger partial charge in [-0.05, 0) is 97.0 Å². The summed E-state index contributed by atoms with van der Waals surface area (Å²) >= 11 is 8.65. The molecule has 0 fully saturated rings. The zero-order valence-electron chi connectivity index (χ0n) is 16.0. The fourth-order valence-electron chi connectivity index (χ4n) is 2.17. The van der Waals surface area contributed by atoms with Gasteiger partial charge in [-0.2, -0.15) is 0 Å². The zero-order chi connectivity index (χ0) is 20.7. The van der Waals surface area contributed by atoms with Gasteiger partial charge in [-0.1, -0.05) is 6.58 Å². The Hall–Kier alpha value is -2.38. The summed E-state index contributed by atoms with van der Waals surface area (Å²) in [4.78, 5) is 12.4. The van der Waals surface area contributed by atoms with Crippen LogP contribution in [0.15, 0.2) is 59.1 Å². The number of hydrogen-bond donors (Lipinski definition) is 2. The minimum Gasteiger partial charge on any atom is -0.490 e. The van der Waals surface area contributed by atoms with E-state index in [1.54, 1.807) is 18.2 Å². The van der Waals surface area contributed by atoms with Crippen LogP contribution in [0.25, 0.3) is 0 Å². The molecule has 2 N–H and O–H groups in total. The first-order chi connectivity index (χ1) is 13.2. The van der Waals surface area contributed by atoms with E-state index in [9.17, 15) is 4.79 Å². The molecular weight excluding hydrogens is 440 g/mol. The summed E-state index contributed by atoms with van der Waals surface area (Å²) in [5, 5.41) is 5.85. The molecule has 0 atom stereocenters. The second-order valence-electron chi connectivity index (χ2n) is 6.49. The summed E-state index contributed by atoms with van der Waals surface area (Å²) in [6, 6.07) is 12.4. The van der Waals surface area contributed by atoms with Crippen molar-refractivity contribution >= 4 is 44.9 Å². The largest absolute Gasteiger partial charge is 0.490 e. The quantitative estimate of drug-likeness (QED) is 0.430. The Bertz CT molecular complexity index is 866. The molecule has 0 aliphatic heterocycles. The lowest BCUT2D eigenvalue weighted by molar-refractivity contribution is 0.0977. The number of carbonyl (C=O) groups excluding carboxylic acids is 1. The third kappa shape index (κ3) is 6.98. The molecule has 1 amide bonds. The van der Waals surface area contributed by atoms with E-state index in [1.807, 2.05) is 45.0 Å². The number of benzene rings is 2. The Morgan fingerprint density at radius 3 is 2.46 bits per heavy atom. The first-order valence-corrected chi connectivity index (χ1v) is 9.90. The molecule has 28 heavy (non-hydrogen) atoms. The van der Waals surface area contributed by atoms with Gasteiger partial charge < -0.3 is 14.8 Å². The summed E-state index contributed by atoms with van der Waals surface area (Å²) in [7, 11) is 0. The molecule has 0 saturated carbocycles. The fourth-order valence-corrected chi connectivity index (χ4v) is 2.85. The summed E-state index contributed by atoms with van der Waals surface area (Å²) in [5.41, 5.74) is 2.16. The van der Waals surface area contributed by atoms with Gasteiger partial charge in [-0.3, -0.25) is 10.1 Å². The number of amides is 1. The van der Waals surface area contributed by atoms with E-state index in [1.165, 1.54) is 0 Å². The highest BCUT2D eigenvalue weighted by atomic mass is 79.9. The lowest BCUT2D eigenvalue weighted by atomic mass is 10.2. The first-order valence-electron chi connectivity index (χ1n) is 8.70. The molecule has 2 aromatic carbocycles. The van der Waals surface area contributed by atoms with Crippen molar-refractivity contribution in [1.82, 2.24) is 5.32 Å². The molecular formula is C21H23BrN2O3S. The van der Waals surface area contributed by atoms with E-state index in [2.05, 4.69) is 33.1 Å². The van der Waals surface area contributed by atoms with Crippen molar-refractivity contribution in [3.63, 3.8) is 0 Å². The van der Waals surface area contributed by atoms with Crippen LogP contribution in [0.3, 0.4) is 0 Å². The van der Waals surface area contributed by atoms with Gasteiger partial charge in [-0.25, -0.2) is 0 Å². The van der Waals surface area contributed by atoms with Crippen LogP contribution in [0, 0.1) is 0 Å². The molecule has 5 nitrogen and oxygen atoms in total. The van der Waals surface area contributed by atoms with Crippen LogP contribution in [-0.2, 0) is 0 Å². The maximum atomic E-state index is 12.4. The summed E-state index contributed by atoms with van der Waals surface area (Å²) < 4.78 is 11.9. The molecule has 2 rings (SSSR count). The molecule has 0 aromatic heterocycles. The Labute approximate surface area is 179 Å². The highest BCUT2D eigenvalue weighted by molar-refractivity contribution is 9.10. The molecule has 0 heterocycles. The number of rotatable bonds is 7. The molecule has 0 unspecified atom stereocenters. The van der Waals surface area contributed by atoms with Crippen molar-refractivity contribution in [2.24, 2.45) is 0 Å². The van der Waals surface area contributed by atoms with Gasteiger partial charge >= 0.3 is 0 Å². The van der Waals surface area contributed by atoms with Crippen LogP contribution in [0.5, 0.6) is 11.5 Å². The maximum absolute atomic E-state index is 12.4. The van der Waals surface area contributed by atoms with Crippen LogP contribution in [-0.4, -0.2) is 23.7 Å². The number of nitrogens with one attached hydrogen (secondary N) is 2. The van der Waals surface area contributed by atoms with E-state index in [0.717, 1.165) is 17.0 Å². The molecule has 0 aliphatic rings. The van der Waals surface area contributed by atoms with Crippen molar-refractivity contribution < 1.29 is 14.3 Å². The van der Waals surface area contributed by atoms with Crippen molar-refractivity contribution in [2.75, 3.05) is 11.9 Å². The highest BCUT2D eigenvalue weighted by Gasteiger charge is 2.12. The van der Waals surface area contributed by atoms with E-state index in [-0.39, 0.29) is 17.1 Å². The molecule has 148 valence electrons. The van der Waals surface area contributed by atoms with Crippen LogP contribution in [0.4, 0.5) is 5.69 Å². The van der Waals surface area contributed by atoms with Crippen molar-refractivity contribution in [3.8, 4) is 11.5 Å². The zero-order valence-corrected chi connectivity index (χ0v) is 18.4. The monoisotopic (exact) mass is 462 g/mol. The summed E-state index contributed by atoms with van der Waals surface area (Å²) in [6.07, 6.45) is 0.0466.